The molecule has 1 N–H and O–H groups in total. The van der Waals surface area contributed by atoms with Crippen LogP contribution < -0.4 is 19.7 Å². The number of amides is 3. The van der Waals surface area contributed by atoms with E-state index in [0.717, 1.165) is 29.2 Å². The van der Waals surface area contributed by atoms with Gasteiger partial charge in [-0.2, -0.15) is 13.2 Å². The molecule has 0 aliphatic carbocycles. The van der Waals surface area contributed by atoms with E-state index in [4.69, 9.17) is 9.47 Å². The second-order valence-corrected chi connectivity index (χ2v) is 5.31. The lowest BCUT2D eigenvalue weighted by molar-refractivity contribution is -0.137. The van der Waals surface area contributed by atoms with Crippen LogP contribution in [0.15, 0.2) is 42.5 Å². The van der Waals surface area contributed by atoms with Crippen molar-refractivity contribution in [3.05, 3.63) is 48.0 Å². The molecule has 6 nitrogen and oxygen atoms in total. The molecular formula is C17H13F3N2O4. The van der Waals surface area contributed by atoms with Crippen molar-refractivity contribution in [2.45, 2.75) is 6.18 Å². The van der Waals surface area contributed by atoms with Crippen molar-refractivity contribution in [2.75, 3.05) is 23.4 Å². The number of nitrogens with one attached hydrogen (secondary N) is 1. The topological polar surface area (TPSA) is 67.9 Å². The molecule has 1 aliphatic heterocycles. The monoisotopic (exact) mass is 366 g/mol. The number of benzene rings is 2. The van der Waals surface area contributed by atoms with Crippen LogP contribution in [0.2, 0.25) is 0 Å². The Morgan fingerprint density at radius 2 is 1.69 bits per heavy atom. The first-order valence-corrected chi connectivity index (χ1v) is 7.51. The third-order valence-corrected chi connectivity index (χ3v) is 3.59. The van der Waals surface area contributed by atoms with Crippen LogP contribution >= 0.6 is 0 Å². The fourth-order valence-electron chi connectivity index (χ4n) is 2.33. The molecule has 3 amide bonds. The van der Waals surface area contributed by atoms with E-state index in [-0.39, 0.29) is 11.4 Å². The predicted molar refractivity (Wildman–Crippen MR) is 86.4 cm³/mol. The zero-order valence-corrected chi connectivity index (χ0v) is 13.2. The largest absolute Gasteiger partial charge is 0.486 e. The van der Waals surface area contributed by atoms with Crippen LogP contribution in [0.4, 0.5) is 29.3 Å². The molecule has 136 valence electrons. The summed E-state index contributed by atoms with van der Waals surface area (Å²) < 4.78 is 48.4. The molecule has 0 fully saturated rings. The molecule has 3 rings (SSSR count). The summed E-state index contributed by atoms with van der Waals surface area (Å²) in [4.78, 5) is 24.4. The molecule has 0 radical (unpaired) electrons. The number of alkyl halides is 3. The molecule has 1 heterocycles. The lowest BCUT2D eigenvalue weighted by Gasteiger charge is -2.21. The minimum atomic E-state index is -4.47. The van der Waals surface area contributed by atoms with Gasteiger partial charge >= 0.3 is 12.2 Å². The zero-order chi connectivity index (χ0) is 18.7. The molecule has 2 aromatic rings. The van der Waals surface area contributed by atoms with Gasteiger partial charge in [-0.15, -0.1) is 0 Å². The van der Waals surface area contributed by atoms with Gasteiger partial charge in [0.15, 0.2) is 11.5 Å². The Morgan fingerprint density at radius 3 is 2.31 bits per heavy atom. The number of ether oxygens (including phenoxy) is 2. The summed E-state index contributed by atoms with van der Waals surface area (Å²) in [5.74, 6) is 0.886. The van der Waals surface area contributed by atoms with Gasteiger partial charge in [-0.1, -0.05) is 0 Å². The molecular weight excluding hydrogens is 353 g/mol. The van der Waals surface area contributed by atoms with E-state index in [2.05, 4.69) is 5.32 Å². The Hall–Kier alpha value is -3.23. The van der Waals surface area contributed by atoms with Crippen LogP contribution in [0, 0.1) is 0 Å². The zero-order valence-electron chi connectivity index (χ0n) is 13.2. The van der Waals surface area contributed by atoms with Gasteiger partial charge in [0, 0.05) is 11.8 Å². The van der Waals surface area contributed by atoms with Gasteiger partial charge in [0.1, 0.15) is 13.2 Å². The van der Waals surface area contributed by atoms with Gasteiger partial charge in [-0.25, -0.2) is 9.69 Å². The van der Waals surface area contributed by atoms with Crippen molar-refractivity contribution in [3.63, 3.8) is 0 Å². The van der Waals surface area contributed by atoms with Crippen molar-refractivity contribution in [1.29, 1.82) is 0 Å². The van der Waals surface area contributed by atoms with Gasteiger partial charge in [0.05, 0.1) is 11.3 Å². The maximum atomic E-state index is 12.6. The number of halogens is 3. The van der Waals surface area contributed by atoms with E-state index < -0.39 is 17.8 Å². The number of hydrogen-bond acceptors (Lipinski definition) is 4. The minimum absolute atomic E-state index is 0.118. The Morgan fingerprint density at radius 1 is 1.04 bits per heavy atom. The number of fused-ring (bicyclic) bond motifs is 1. The first-order chi connectivity index (χ1) is 12.4. The van der Waals surface area contributed by atoms with E-state index in [9.17, 15) is 22.8 Å². The summed E-state index contributed by atoms with van der Waals surface area (Å²) in [6.45, 7) is 0.743. The van der Waals surface area contributed by atoms with Gasteiger partial charge in [-0.05, 0) is 36.4 Å². The highest BCUT2D eigenvalue weighted by Crippen LogP contribution is 2.34. The molecule has 0 saturated carbocycles. The molecule has 26 heavy (non-hydrogen) atoms. The fourth-order valence-corrected chi connectivity index (χ4v) is 2.33. The molecule has 0 saturated heterocycles. The summed E-state index contributed by atoms with van der Waals surface area (Å²) >= 11 is 0. The van der Waals surface area contributed by atoms with Gasteiger partial charge < -0.3 is 14.8 Å². The second kappa shape index (κ2) is 6.95. The first kappa shape index (κ1) is 17.6. The molecule has 0 spiro atoms. The van der Waals surface area contributed by atoms with E-state index in [0.29, 0.717) is 31.1 Å². The summed E-state index contributed by atoms with van der Waals surface area (Å²) in [5.41, 5.74) is -0.490. The highest BCUT2D eigenvalue weighted by atomic mass is 19.4. The van der Waals surface area contributed by atoms with E-state index in [1.54, 1.807) is 6.07 Å². The summed E-state index contributed by atoms with van der Waals surface area (Å²) in [7, 11) is 0. The van der Waals surface area contributed by atoms with Crippen molar-refractivity contribution in [1.82, 2.24) is 0 Å². The van der Waals surface area contributed by atoms with Crippen LogP contribution in [0.1, 0.15) is 5.56 Å². The predicted octanol–water partition coefficient (Wildman–Crippen LogP) is 3.67. The van der Waals surface area contributed by atoms with Gasteiger partial charge in [0.25, 0.3) is 0 Å². The standard InChI is InChI=1S/C17H13F3N2O4/c18-17(19,20)11-1-3-12(4-2-11)21-16(24)22(10-23)13-5-6-14-15(9-13)26-8-7-25-14/h1-6,9-10H,7-8H2,(H,21,24). The molecule has 0 aromatic heterocycles. The van der Waals surface area contributed by atoms with Crippen molar-refractivity contribution >= 4 is 23.8 Å². The smallest absolute Gasteiger partial charge is 0.416 e. The third-order valence-electron chi connectivity index (χ3n) is 3.59. The van der Waals surface area contributed by atoms with Crippen molar-refractivity contribution in [2.24, 2.45) is 0 Å². The first-order valence-electron chi connectivity index (χ1n) is 7.51. The lowest BCUT2D eigenvalue weighted by Crippen LogP contribution is -2.33. The van der Waals surface area contributed by atoms with E-state index in [1.165, 1.54) is 12.1 Å². The third kappa shape index (κ3) is 3.71. The molecule has 2 aromatic carbocycles. The van der Waals surface area contributed by atoms with E-state index >= 15 is 0 Å². The minimum Gasteiger partial charge on any atom is -0.486 e. The van der Waals surface area contributed by atoms with Crippen LogP contribution in [-0.4, -0.2) is 25.7 Å². The SMILES string of the molecule is O=CN(C(=O)Nc1ccc(C(F)(F)F)cc1)c1ccc2c(c1)OCCO2. The number of anilines is 2. The number of nitrogens with zero attached hydrogens (tertiary/aromatic N) is 1. The Bertz CT molecular complexity index is 822. The molecule has 0 bridgehead atoms. The van der Waals surface area contributed by atoms with Crippen LogP contribution in [-0.2, 0) is 11.0 Å². The maximum absolute atomic E-state index is 12.6. The Labute approximate surface area is 146 Å². The molecule has 9 heteroatoms. The average Bonchev–Trinajstić information content (AvgIpc) is 2.62. The number of imide groups is 1. The maximum Gasteiger partial charge on any atom is 0.416 e. The van der Waals surface area contributed by atoms with Crippen LogP contribution in [0.5, 0.6) is 11.5 Å². The normalized spacial score (nSPS) is 13.0. The van der Waals surface area contributed by atoms with Gasteiger partial charge in [-0.3, -0.25) is 4.79 Å². The number of urea groups is 1. The highest BCUT2D eigenvalue weighted by molar-refractivity contribution is 6.12. The Balaban J connectivity index is 1.76. The summed E-state index contributed by atoms with van der Waals surface area (Å²) in [6.07, 6.45) is -4.17. The second-order valence-electron chi connectivity index (χ2n) is 5.31. The van der Waals surface area contributed by atoms with Crippen molar-refractivity contribution in [3.8, 4) is 11.5 Å². The average molecular weight is 366 g/mol. The summed E-state index contributed by atoms with van der Waals surface area (Å²) in [6, 6.07) is 7.59. The number of carbonyl (C=O) groups is 2. The lowest BCUT2D eigenvalue weighted by atomic mass is 10.2. The molecule has 0 atom stereocenters. The molecule has 1 aliphatic rings. The quantitative estimate of drug-likeness (QED) is 0.842. The van der Waals surface area contributed by atoms with Crippen LogP contribution in [0.3, 0.4) is 0 Å². The number of hydrogen-bond donors (Lipinski definition) is 1. The Kier molecular flexibility index (Phi) is 4.70. The van der Waals surface area contributed by atoms with Crippen LogP contribution in [0.25, 0.3) is 0 Å². The summed E-state index contributed by atoms with van der Waals surface area (Å²) in [5, 5.41) is 2.37. The van der Waals surface area contributed by atoms with Gasteiger partial charge in [0.2, 0.25) is 6.41 Å². The number of rotatable bonds is 3. The van der Waals surface area contributed by atoms with E-state index in [1.807, 2.05) is 0 Å². The fraction of sp³-hybridized carbons (Fsp3) is 0.176. The highest BCUT2D eigenvalue weighted by Gasteiger charge is 2.30. The number of carbonyl (C=O) groups excluding carboxylic acids is 2. The molecule has 0 unspecified atom stereocenters. The van der Waals surface area contributed by atoms with Crippen molar-refractivity contribution < 1.29 is 32.2 Å².